The van der Waals surface area contributed by atoms with Gasteiger partial charge in [-0.1, -0.05) is 18.2 Å². The quantitative estimate of drug-likeness (QED) is 0.800. The van der Waals surface area contributed by atoms with Crippen molar-refractivity contribution in [2.45, 2.75) is 20.8 Å². The average Bonchev–Trinajstić information content (AvgIpc) is 2.49. The number of rotatable bonds is 4. The van der Waals surface area contributed by atoms with Crippen LogP contribution in [0.3, 0.4) is 0 Å². The molecule has 0 unspecified atom stereocenters. The number of ketones is 1. The summed E-state index contributed by atoms with van der Waals surface area (Å²) in [7, 11) is 3.16. The Bertz CT molecular complexity index is 687. The maximum absolute atomic E-state index is 12.8. The molecule has 0 atom stereocenters. The molecule has 2 aromatic rings. The lowest BCUT2D eigenvalue weighted by molar-refractivity contribution is 0.103. The monoisotopic (exact) mass is 284 g/mol. The number of aryl methyl sites for hydroxylation is 2. The van der Waals surface area contributed by atoms with Gasteiger partial charge in [0, 0.05) is 11.1 Å². The lowest BCUT2D eigenvalue weighted by atomic mass is 9.93. The van der Waals surface area contributed by atoms with Crippen LogP contribution in [0, 0.1) is 20.8 Å². The molecule has 0 aromatic heterocycles. The van der Waals surface area contributed by atoms with E-state index in [0.717, 1.165) is 22.3 Å². The number of hydrogen-bond acceptors (Lipinski definition) is 3. The van der Waals surface area contributed by atoms with Crippen LogP contribution in [0.25, 0.3) is 0 Å². The van der Waals surface area contributed by atoms with Gasteiger partial charge in [0.15, 0.2) is 17.3 Å². The molecule has 0 aliphatic rings. The SMILES string of the molecule is COc1cc(C)c(C(=O)c2cccc(C)c2C)cc1OC. The smallest absolute Gasteiger partial charge is 0.193 e. The minimum Gasteiger partial charge on any atom is -0.493 e. The van der Waals surface area contributed by atoms with Crippen LogP contribution in [0.2, 0.25) is 0 Å². The molecule has 0 fully saturated rings. The molecule has 0 saturated carbocycles. The van der Waals surface area contributed by atoms with Gasteiger partial charge in [0.25, 0.3) is 0 Å². The van der Waals surface area contributed by atoms with Gasteiger partial charge in [-0.2, -0.15) is 0 Å². The fourth-order valence-electron chi connectivity index (χ4n) is 2.37. The van der Waals surface area contributed by atoms with Gasteiger partial charge in [-0.3, -0.25) is 4.79 Å². The van der Waals surface area contributed by atoms with Crippen LogP contribution in [0.5, 0.6) is 11.5 Å². The molecule has 0 aliphatic heterocycles. The second kappa shape index (κ2) is 6.00. The maximum atomic E-state index is 12.8. The Morgan fingerprint density at radius 2 is 1.48 bits per heavy atom. The predicted molar refractivity (Wildman–Crippen MR) is 83.6 cm³/mol. The van der Waals surface area contributed by atoms with Crippen molar-refractivity contribution in [2.75, 3.05) is 14.2 Å². The Morgan fingerprint density at radius 1 is 0.857 bits per heavy atom. The molecule has 0 aliphatic carbocycles. The molecule has 21 heavy (non-hydrogen) atoms. The lowest BCUT2D eigenvalue weighted by Gasteiger charge is -2.13. The average molecular weight is 284 g/mol. The first-order valence-electron chi connectivity index (χ1n) is 6.83. The summed E-state index contributed by atoms with van der Waals surface area (Å²) in [4.78, 5) is 12.8. The number of benzene rings is 2. The van der Waals surface area contributed by atoms with Gasteiger partial charge in [-0.15, -0.1) is 0 Å². The molecule has 2 aromatic carbocycles. The summed E-state index contributed by atoms with van der Waals surface area (Å²) in [5.74, 6) is 1.21. The molecule has 0 N–H and O–H groups in total. The first-order valence-corrected chi connectivity index (χ1v) is 6.83. The Morgan fingerprint density at radius 3 is 2.10 bits per heavy atom. The van der Waals surface area contributed by atoms with Gasteiger partial charge >= 0.3 is 0 Å². The van der Waals surface area contributed by atoms with Gasteiger partial charge < -0.3 is 9.47 Å². The largest absolute Gasteiger partial charge is 0.493 e. The van der Waals surface area contributed by atoms with Gasteiger partial charge in [0.2, 0.25) is 0 Å². The molecule has 0 radical (unpaired) electrons. The van der Waals surface area contributed by atoms with E-state index in [9.17, 15) is 4.79 Å². The van der Waals surface area contributed by atoms with Crippen LogP contribution >= 0.6 is 0 Å². The highest BCUT2D eigenvalue weighted by molar-refractivity contribution is 6.11. The Kier molecular flexibility index (Phi) is 4.32. The first-order chi connectivity index (χ1) is 9.99. The highest BCUT2D eigenvalue weighted by Gasteiger charge is 2.18. The minimum atomic E-state index is 0.00894. The minimum absolute atomic E-state index is 0.00894. The normalized spacial score (nSPS) is 10.3. The van der Waals surface area contributed by atoms with E-state index in [1.54, 1.807) is 20.3 Å². The molecule has 3 heteroatoms. The lowest BCUT2D eigenvalue weighted by Crippen LogP contribution is -2.07. The van der Waals surface area contributed by atoms with E-state index in [-0.39, 0.29) is 5.78 Å². The van der Waals surface area contributed by atoms with Crippen LogP contribution in [0.15, 0.2) is 30.3 Å². The molecular formula is C18H20O3. The van der Waals surface area contributed by atoms with Crippen LogP contribution in [-0.2, 0) is 0 Å². The molecule has 0 saturated heterocycles. The van der Waals surface area contributed by atoms with E-state index in [0.29, 0.717) is 17.1 Å². The van der Waals surface area contributed by atoms with E-state index in [4.69, 9.17) is 9.47 Å². The summed E-state index contributed by atoms with van der Waals surface area (Å²) in [6, 6.07) is 9.36. The molecule has 0 amide bonds. The van der Waals surface area contributed by atoms with Crippen molar-refractivity contribution in [3.05, 3.63) is 58.1 Å². The molecule has 3 nitrogen and oxygen atoms in total. The van der Waals surface area contributed by atoms with Crippen molar-refractivity contribution in [1.82, 2.24) is 0 Å². The van der Waals surface area contributed by atoms with Gasteiger partial charge in [-0.05, 0) is 49.6 Å². The third kappa shape index (κ3) is 2.77. The number of methoxy groups -OCH3 is 2. The molecule has 110 valence electrons. The van der Waals surface area contributed by atoms with Crippen molar-refractivity contribution in [1.29, 1.82) is 0 Å². The summed E-state index contributed by atoms with van der Waals surface area (Å²) >= 11 is 0. The zero-order valence-electron chi connectivity index (χ0n) is 13.1. The summed E-state index contributed by atoms with van der Waals surface area (Å²) in [5.41, 5.74) is 4.36. The van der Waals surface area contributed by atoms with Crippen LogP contribution in [-0.4, -0.2) is 20.0 Å². The zero-order chi connectivity index (χ0) is 15.6. The molecule has 0 heterocycles. The first kappa shape index (κ1) is 15.1. The van der Waals surface area contributed by atoms with Crippen LogP contribution in [0.1, 0.15) is 32.6 Å². The predicted octanol–water partition coefficient (Wildman–Crippen LogP) is 3.86. The van der Waals surface area contributed by atoms with E-state index in [1.807, 2.05) is 45.0 Å². The van der Waals surface area contributed by atoms with Crippen molar-refractivity contribution >= 4 is 5.78 Å². The summed E-state index contributed by atoms with van der Waals surface area (Å²) in [6.45, 7) is 5.88. The third-order valence-corrected chi connectivity index (χ3v) is 3.82. The van der Waals surface area contributed by atoms with E-state index in [2.05, 4.69) is 0 Å². The number of carbonyl (C=O) groups excluding carboxylic acids is 1. The van der Waals surface area contributed by atoms with Crippen molar-refractivity contribution in [2.24, 2.45) is 0 Å². The van der Waals surface area contributed by atoms with Crippen LogP contribution in [0.4, 0.5) is 0 Å². The van der Waals surface area contributed by atoms with Gasteiger partial charge in [0.05, 0.1) is 14.2 Å². The number of hydrogen-bond donors (Lipinski definition) is 0. The third-order valence-electron chi connectivity index (χ3n) is 3.82. The van der Waals surface area contributed by atoms with Gasteiger partial charge in [0.1, 0.15) is 0 Å². The summed E-state index contributed by atoms with van der Waals surface area (Å²) in [5, 5.41) is 0. The molecule has 0 bridgehead atoms. The highest BCUT2D eigenvalue weighted by atomic mass is 16.5. The fraction of sp³-hybridized carbons (Fsp3) is 0.278. The maximum Gasteiger partial charge on any atom is 0.193 e. The second-order valence-corrected chi connectivity index (χ2v) is 5.10. The summed E-state index contributed by atoms with van der Waals surface area (Å²) < 4.78 is 10.6. The Labute approximate surface area is 125 Å². The Balaban J connectivity index is 2.56. The topological polar surface area (TPSA) is 35.5 Å². The summed E-state index contributed by atoms with van der Waals surface area (Å²) in [6.07, 6.45) is 0. The second-order valence-electron chi connectivity index (χ2n) is 5.10. The van der Waals surface area contributed by atoms with E-state index < -0.39 is 0 Å². The highest BCUT2D eigenvalue weighted by Crippen LogP contribution is 2.31. The zero-order valence-corrected chi connectivity index (χ0v) is 13.1. The van der Waals surface area contributed by atoms with Crippen molar-refractivity contribution in [3.63, 3.8) is 0 Å². The fourth-order valence-corrected chi connectivity index (χ4v) is 2.37. The van der Waals surface area contributed by atoms with Crippen molar-refractivity contribution in [3.8, 4) is 11.5 Å². The van der Waals surface area contributed by atoms with E-state index in [1.165, 1.54) is 0 Å². The molecule has 0 spiro atoms. The van der Waals surface area contributed by atoms with E-state index >= 15 is 0 Å². The molecular weight excluding hydrogens is 264 g/mol. The van der Waals surface area contributed by atoms with Crippen LogP contribution < -0.4 is 9.47 Å². The standard InChI is InChI=1S/C18H20O3/c1-11-7-6-8-14(13(11)3)18(19)15-10-17(21-5)16(20-4)9-12(15)2/h6-10H,1-5H3. The Hall–Kier alpha value is -2.29. The number of ether oxygens (including phenoxy) is 2. The molecule has 2 rings (SSSR count). The number of carbonyl (C=O) groups is 1. The van der Waals surface area contributed by atoms with Crippen molar-refractivity contribution < 1.29 is 14.3 Å². The van der Waals surface area contributed by atoms with Gasteiger partial charge in [-0.25, -0.2) is 0 Å².